The summed E-state index contributed by atoms with van der Waals surface area (Å²) in [7, 11) is -7.63. The number of sulfone groups is 2. The molecule has 0 N–H and O–H groups in total. The molecule has 0 saturated carbocycles. The molecule has 0 bridgehead atoms. The highest BCUT2D eigenvalue weighted by Gasteiger charge is 2.31. The van der Waals surface area contributed by atoms with Gasteiger partial charge in [0.15, 0.2) is 19.7 Å². The molecule has 0 aliphatic carbocycles. The lowest BCUT2D eigenvalue weighted by Crippen LogP contribution is -2.09. The first-order valence-corrected chi connectivity index (χ1v) is 31.5. The van der Waals surface area contributed by atoms with E-state index in [0.29, 0.717) is 22.6 Å². The van der Waals surface area contributed by atoms with Crippen molar-refractivity contribution in [3.8, 4) is 50.1 Å². The van der Waals surface area contributed by atoms with E-state index in [2.05, 4.69) is 147 Å². The molecule has 0 aliphatic heterocycles. The summed E-state index contributed by atoms with van der Waals surface area (Å²) in [4.78, 5) is 7.30. The summed E-state index contributed by atoms with van der Waals surface area (Å²) < 4.78 is 59.4. The number of hydrogen-bond acceptors (Lipinski definition) is 8. The maximum atomic E-state index is 14.9. The quantitative estimate of drug-likeness (QED) is 0.0531. The van der Waals surface area contributed by atoms with Gasteiger partial charge in [-0.15, -0.1) is 45.3 Å². The highest BCUT2D eigenvalue weighted by molar-refractivity contribution is 7.92. The summed E-state index contributed by atoms with van der Waals surface area (Å²) in [6.45, 7) is 4.37. The molecular formula is C60H58O4S6. The standard InChI is InChI=1S/C60H58O4S6/c1-3-5-7-9-11-21-35-69(61,62)55-39-53(49-31-33-51(65-49)57-45-27-17-13-23-41(45)37-42-24-14-18-28-46(42)57)67-59(55)60-56(70(63,64)36-22-12-10-8-6-4-2)40-54(68-60)50-32-34-52(66-50)58-47-29-19-15-25-43(47)38-44-26-16-20-30-48(44)58/h13-20,23-34,37-40H,3-12,21-22,35-36H2,1-2H3. The van der Waals surface area contributed by atoms with Crippen molar-refractivity contribution in [2.45, 2.75) is 101 Å². The minimum atomic E-state index is -3.81. The Labute approximate surface area is 429 Å². The maximum Gasteiger partial charge on any atom is 0.179 e. The Bertz CT molecular complexity index is 3350. The first kappa shape index (κ1) is 48.7. The lowest BCUT2D eigenvalue weighted by Gasteiger charge is -2.10. The smallest absolute Gasteiger partial charge is 0.179 e. The van der Waals surface area contributed by atoms with Gasteiger partial charge in [0.2, 0.25) is 0 Å². The highest BCUT2D eigenvalue weighted by Crippen LogP contribution is 2.52. The molecular weight excluding hydrogens is 977 g/mol. The van der Waals surface area contributed by atoms with Gasteiger partial charge < -0.3 is 0 Å². The first-order valence-electron chi connectivity index (χ1n) is 24.9. The summed E-state index contributed by atoms with van der Waals surface area (Å²) >= 11 is 6.16. The van der Waals surface area contributed by atoms with Crippen molar-refractivity contribution in [1.29, 1.82) is 0 Å². The average molecular weight is 1040 g/mol. The summed E-state index contributed by atoms with van der Waals surface area (Å²) in [6, 6.07) is 50.6. The van der Waals surface area contributed by atoms with Crippen molar-refractivity contribution in [2.75, 3.05) is 11.5 Å². The molecule has 358 valence electrons. The minimum Gasteiger partial charge on any atom is -0.224 e. The predicted octanol–water partition coefficient (Wildman–Crippen LogP) is 19.1. The fourth-order valence-electron chi connectivity index (χ4n) is 9.90. The molecule has 4 nitrogen and oxygen atoms in total. The molecule has 4 heterocycles. The number of fused-ring (bicyclic) bond motifs is 4. The SMILES string of the molecule is CCCCCCCCS(=O)(=O)c1cc(-c2ccc(-c3c4ccccc4cc4ccccc34)s2)sc1-c1sc(-c2ccc(-c3c4ccccc4cc4ccccc34)s2)cc1S(=O)(=O)CCCCCCCC. The van der Waals surface area contributed by atoms with Gasteiger partial charge in [-0.1, -0.05) is 175 Å². The largest absolute Gasteiger partial charge is 0.224 e. The van der Waals surface area contributed by atoms with Crippen LogP contribution in [0.1, 0.15) is 90.9 Å². The lowest BCUT2D eigenvalue weighted by atomic mass is 9.96. The van der Waals surface area contributed by atoms with E-state index in [4.69, 9.17) is 0 Å². The molecule has 0 unspecified atom stereocenters. The molecule has 0 amide bonds. The molecule has 0 aliphatic rings. The van der Waals surface area contributed by atoms with Gasteiger partial charge in [0, 0.05) is 40.4 Å². The molecule has 70 heavy (non-hydrogen) atoms. The zero-order chi connectivity index (χ0) is 48.2. The third-order valence-corrected chi connectivity index (χ3v) is 22.5. The second kappa shape index (κ2) is 21.4. The zero-order valence-corrected chi connectivity index (χ0v) is 44.7. The van der Waals surface area contributed by atoms with Gasteiger partial charge >= 0.3 is 0 Å². The Hall–Kier alpha value is -4.94. The Morgan fingerprint density at radius 1 is 0.329 bits per heavy atom. The monoisotopic (exact) mass is 1030 g/mol. The number of thiophene rings is 4. The summed E-state index contributed by atoms with van der Waals surface area (Å²) in [6.07, 6.45) is 11.5. The van der Waals surface area contributed by atoms with E-state index in [0.717, 1.165) is 105 Å². The van der Waals surface area contributed by atoms with Crippen LogP contribution >= 0.6 is 45.3 Å². The van der Waals surface area contributed by atoms with Crippen LogP contribution in [0, 0.1) is 0 Å². The van der Waals surface area contributed by atoms with Crippen molar-refractivity contribution >= 4 is 108 Å². The van der Waals surface area contributed by atoms with E-state index in [1.165, 1.54) is 65.8 Å². The molecule has 0 spiro atoms. The van der Waals surface area contributed by atoms with Crippen LogP contribution in [0.3, 0.4) is 0 Å². The Balaban J connectivity index is 1.10. The number of unbranched alkanes of at least 4 members (excludes halogenated alkanes) is 10. The van der Waals surface area contributed by atoms with Crippen molar-refractivity contribution in [3.05, 3.63) is 146 Å². The third-order valence-electron chi connectivity index (χ3n) is 13.5. The van der Waals surface area contributed by atoms with Crippen LogP contribution in [0.5, 0.6) is 0 Å². The number of hydrogen-bond donors (Lipinski definition) is 0. The molecule has 0 fully saturated rings. The molecule has 6 aromatic carbocycles. The van der Waals surface area contributed by atoms with Crippen LogP contribution in [0.15, 0.2) is 155 Å². The van der Waals surface area contributed by atoms with Crippen molar-refractivity contribution in [1.82, 2.24) is 0 Å². The maximum absolute atomic E-state index is 14.9. The van der Waals surface area contributed by atoms with Gasteiger partial charge in [-0.2, -0.15) is 0 Å². The van der Waals surface area contributed by atoms with E-state index in [1.807, 2.05) is 12.1 Å². The topological polar surface area (TPSA) is 68.3 Å². The molecule has 10 aromatic rings. The predicted molar refractivity (Wildman–Crippen MR) is 306 cm³/mol. The van der Waals surface area contributed by atoms with E-state index >= 15 is 0 Å². The van der Waals surface area contributed by atoms with Crippen molar-refractivity contribution in [2.24, 2.45) is 0 Å². The van der Waals surface area contributed by atoms with Crippen molar-refractivity contribution < 1.29 is 16.8 Å². The second-order valence-corrected chi connectivity index (χ2v) is 26.9. The van der Waals surface area contributed by atoms with E-state index in [1.54, 1.807) is 22.7 Å². The Kier molecular flexibility index (Phi) is 14.9. The van der Waals surface area contributed by atoms with Crippen LogP contribution in [-0.2, 0) is 19.7 Å². The molecule has 0 atom stereocenters. The summed E-state index contributed by atoms with van der Waals surface area (Å²) in [5, 5.41) is 9.33. The van der Waals surface area contributed by atoms with Crippen LogP contribution < -0.4 is 0 Å². The van der Waals surface area contributed by atoms with Gasteiger partial charge in [-0.05, 0) is 104 Å². The zero-order valence-electron chi connectivity index (χ0n) is 39.8. The lowest BCUT2D eigenvalue weighted by molar-refractivity contribution is 0.582. The fraction of sp³-hybridized carbons (Fsp3) is 0.267. The molecule has 10 rings (SSSR count). The van der Waals surface area contributed by atoms with Crippen LogP contribution in [0.2, 0.25) is 0 Å². The molecule has 4 aromatic heterocycles. The van der Waals surface area contributed by atoms with E-state index in [-0.39, 0.29) is 21.3 Å². The van der Waals surface area contributed by atoms with Crippen LogP contribution in [-0.4, -0.2) is 28.3 Å². The third kappa shape index (κ3) is 10.1. The van der Waals surface area contributed by atoms with Gasteiger partial charge in [-0.3, -0.25) is 0 Å². The average Bonchev–Trinajstić information content (AvgIpc) is 4.22. The number of rotatable bonds is 21. The fourth-order valence-corrected chi connectivity index (χ4v) is 18.8. The number of benzene rings is 6. The van der Waals surface area contributed by atoms with Crippen LogP contribution in [0.25, 0.3) is 93.2 Å². The summed E-state index contributed by atoms with van der Waals surface area (Å²) in [5.74, 6) is 0.0384. The van der Waals surface area contributed by atoms with Gasteiger partial charge in [0.25, 0.3) is 0 Å². The first-order chi connectivity index (χ1) is 34.1. The van der Waals surface area contributed by atoms with Crippen molar-refractivity contribution in [3.63, 3.8) is 0 Å². The Morgan fingerprint density at radius 3 is 1.00 bits per heavy atom. The van der Waals surface area contributed by atoms with Gasteiger partial charge in [0.05, 0.1) is 31.1 Å². The van der Waals surface area contributed by atoms with Gasteiger partial charge in [-0.25, -0.2) is 16.8 Å². The van der Waals surface area contributed by atoms with Crippen LogP contribution in [0.4, 0.5) is 0 Å². The highest BCUT2D eigenvalue weighted by atomic mass is 32.2. The summed E-state index contributed by atoms with van der Waals surface area (Å²) in [5.41, 5.74) is 2.32. The minimum absolute atomic E-state index is 0.0192. The normalized spacial score (nSPS) is 12.3. The van der Waals surface area contributed by atoms with E-state index in [9.17, 15) is 16.8 Å². The second-order valence-electron chi connectivity index (χ2n) is 18.5. The van der Waals surface area contributed by atoms with E-state index < -0.39 is 19.7 Å². The molecule has 0 saturated heterocycles. The molecule has 10 heteroatoms. The molecule has 0 radical (unpaired) electrons. The Morgan fingerprint density at radius 2 is 0.643 bits per heavy atom. The van der Waals surface area contributed by atoms with Gasteiger partial charge in [0.1, 0.15) is 0 Å².